The van der Waals surface area contributed by atoms with E-state index in [2.05, 4.69) is 30.6 Å². The Morgan fingerprint density at radius 1 is 0.619 bits per heavy atom. The number of rotatable bonds is 15. The number of thiocarbonyl (C=S) groups is 2. The van der Waals surface area contributed by atoms with Crippen molar-refractivity contribution in [1.82, 2.24) is 5.32 Å². The summed E-state index contributed by atoms with van der Waals surface area (Å²) < 4.78 is 1.47. The first-order valence-electron chi connectivity index (χ1n) is 8.31. The van der Waals surface area contributed by atoms with Crippen LogP contribution in [-0.2, 0) is 0 Å². The van der Waals surface area contributed by atoms with Crippen LogP contribution >= 0.6 is 49.7 Å². The van der Waals surface area contributed by atoms with Gasteiger partial charge in [-0.3, -0.25) is 0 Å². The zero-order chi connectivity index (χ0) is 15.8. The molecule has 0 radical (unpaired) electrons. The highest BCUT2D eigenvalue weighted by Crippen LogP contribution is 2.12. The van der Waals surface area contributed by atoms with Crippen molar-refractivity contribution in [3.05, 3.63) is 0 Å². The lowest BCUT2D eigenvalue weighted by Gasteiger charge is -2.04. The monoisotopic (exact) mass is 365 g/mol. The van der Waals surface area contributed by atoms with Crippen molar-refractivity contribution >= 4 is 58.2 Å². The third kappa shape index (κ3) is 20.7. The first-order chi connectivity index (χ1) is 10.1. The third-order valence-electron chi connectivity index (χ3n) is 3.59. The van der Waals surface area contributed by atoms with Gasteiger partial charge in [0.2, 0.25) is 0 Å². The van der Waals surface area contributed by atoms with Gasteiger partial charge in [-0.1, -0.05) is 88.6 Å². The number of unbranched alkanes of at least 4 members (excludes halogenated alkanes) is 11. The van der Waals surface area contributed by atoms with Crippen molar-refractivity contribution in [2.75, 3.05) is 6.54 Å². The van der Waals surface area contributed by atoms with Crippen LogP contribution in [0, 0.1) is 0 Å². The van der Waals surface area contributed by atoms with Gasteiger partial charge < -0.3 is 5.32 Å². The molecule has 0 aliphatic rings. The molecule has 0 unspecified atom stereocenters. The first-order valence-corrected chi connectivity index (χ1v) is 10.0. The summed E-state index contributed by atoms with van der Waals surface area (Å²) in [5, 5.41) is 3.08. The predicted octanol–water partition coefficient (Wildman–Crippen LogP) is 6.12. The van der Waals surface area contributed by atoms with Crippen molar-refractivity contribution in [2.24, 2.45) is 0 Å². The molecule has 5 heteroatoms. The average molecular weight is 366 g/mol. The largest absolute Gasteiger partial charge is 0.371 e. The van der Waals surface area contributed by atoms with Gasteiger partial charge in [0.05, 0.1) is 0 Å². The standard InChI is InChI=1S/C16H31NS4/c18-15(19)13-11-9-7-5-3-1-2-4-6-8-10-12-14-17-16(20)21/h1-14H2,(H,18,19)(H2,17,20,21). The molecule has 0 heterocycles. The minimum absolute atomic E-state index is 0.614. The maximum Gasteiger partial charge on any atom is 0.130 e. The van der Waals surface area contributed by atoms with Crippen LogP contribution in [0.3, 0.4) is 0 Å². The lowest BCUT2D eigenvalue weighted by molar-refractivity contribution is 0.542. The fourth-order valence-electron chi connectivity index (χ4n) is 2.36. The van der Waals surface area contributed by atoms with E-state index in [0.29, 0.717) is 4.32 Å². The highest BCUT2D eigenvalue weighted by molar-refractivity contribution is 8.11. The Bertz CT molecular complexity index is 243. The van der Waals surface area contributed by atoms with E-state index in [9.17, 15) is 0 Å². The van der Waals surface area contributed by atoms with Crippen molar-refractivity contribution < 1.29 is 0 Å². The second-order valence-corrected chi connectivity index (χ2v) is 8.11. The van der Waals surface area contributed by atoms with Gasteiger partial charge in [-0.2, -0.15) is 0 Å². The van der Waals surface area contributed by atoms with Gasteiger partial charge in [0, 0.05) is 10.7 Å². The second-order valence-electron chi connectivity index (χ2n) is 5.62. The number of thiol groups is 2. The van der Waals surface area contributed by atoms with Gasteiger partial charge in [0.25, 0.3) is 0 Å². The summed E-state index contributed by atoms with van der Waals surface area (Å²) in [6.45, 7) is 0.972. The number of hydrogen-bond acceptors (Lipinski definition) is 2. The van der Waals surface area contributed by atoms with Crippen LogP contribution in [0.1, 0.15) is 83.5 Å². The smallest absolute Gasteiger partial charge is 0.130 e. The summed E-state index contributed by atoms with van der Waals surface area (Å²) in [4.78, 5) is 0. The summed E-state index contributed by atoms with van der Waals surface area (Å²) in [7, 11) is 0. The van der Waals surface area contributed by atoms with Crippen LogP contribution in [0.4, 0.5) is 0 Å². The molecule has 0 aromatic carbocycles. The molecule has 0 saturated heterocycles. The lowest BCUT2D eigenvalue weighted by Crippen LogP contribution is -2.17. The molecule has 0 aliphatic heterocycles. The fraction of sp³-hybridized carbons (Fsp3) is 0.875. The van der Waals surface area contributed by atoms with Gasteiger partial charge in [-0.05, 0) is 19.3 Å². The molecular weight excluding hydrogens is 334 g/mol. The van der Waals surface area contributed by atoms with Gasteiger partial charge >= 0.3 is 0 Å². The Balaban J connectivity index is 2.99. The summed E-state index contributed by atoms with van der Waals surface area (Å²) in [5.41, 5.74) is 0. The Kier molecular flexibility index (Phi) is 17.6. The highest BCUT2D eigenvalue weighted by atomic mass is 32.1. The van der Waals surface area contributed by atoms with Crippen molar-refractivity contribution in [3.63, 3.8) is 0 Å². The molecule has 0 saturated carbocycles. The van der Waals surface area contributed by atoms with Gasteiger partial charge in [-0.15, -0.1) is 25.3 Å². The van der Waals surface area contributed by atoms with Crippen LogP contribution in [0.2, 0.25) is 0 Å². The number of nitrogens with one attached hydrogen (secondary N) is 1. The molecule has 0 aliphatic carbocycles. The van der Waals surface area contributed by atoms with E-state index in [0.717, 1.165) is 17.2 Å². The summed E-state index contributed by atoms with van der Waals surface area (Å²) >= 11 is 18.0. The number of hydrogen-bond donors (Lipinski definition) is 3. The fourth-order valence-corrected chi connectivity index (χ4v) is 2.88. The minimum Gasteiger partial charge on any atom is -0.371 e. The summed E-state index contributed by atoms with van der Waals surface area (Å²) in [6.07, 6.45) is 17.1. The molecule has 0 amide bonds. The molecule has 0 atom stereocenters. The molecule has 124 valence electrons. The lowest BCUT2D eigenvalue weighted by atomic mass is 10.0. The van der Waals surface area contributed by atoms with Crippen LogP contribution in [-0.4, -0.2) is 15.1 Å². The molecule has 21 heavy (non-hydrogen) atoms. The SMILES string of the molecule is S=C(S)CCCCCCCCCCCCCCNC(=S)S. The van der Waals surface area contributed by atoms with E-state index >= 15 is 0 Å². The van der Waals surface area contributed by atoms with Gasteiger partial charge in [-0.25, -0.2) is 0 Å². The van der Waals surface area contributed by atoms with E-state index in [-0.39, 0.29) is 0 Å². The molecule has 1 nitrogen and oxygen atoms in total. The van der Waals surface area contributed by atoms with E-state index in [1.807, 2.05) is 0 Å². The maximum absolute atomic E-state index is 4.95. The van der Waals surface area contributed by atoms with E-state index in [1.54, 1.807) is 0 Å². The maximum atomic E-state index is 4.95. The third-order valence-corrected chi connectivity index (χ3v) is 4.32. The topological polar surface area (TPSA) is 12.0 Å². The molecule has 0 bridgehead atoms. The van der Waals surface area contributed by atoms with Crippen LogP contribution < -0.4 is 5.32 Å². The zero-order valence-electron chi connectivity index (χ0n) is 13.1. The quantitative estimate of drug-likeness (QED) is 0.184. The second kappa shape index (κ2) is 17.0. The van der Waals surface area contributed by atoms with Crippen LogP contribution in [0.5, 0.6) is 0 Å². The summed E-state index contributed by atoms with van der Waals surface area (Å²) in [5.74, 6) is 0. The first kappa shape index (κ1) is 21.7. The van der Waals surface area contributed by atoms with Crippen LogP contribution in [0.25, 0.3) is 0 Å². The molecule has 1 N–H and O–H groups in total. The van der Waals surface area contributed by atoms with E-state index in [1.165, 1.54) is 77.0 Å². The Hall–Kier alpha value is 0.680. The summed E-state index contributed by atoms with van der Waals surface area (Å²) in [6, 6.07) is 0. The predicted molar refractivity (Wildman–Crippen MR) is 111 cm³/mol. The Labute approximate surface area is 153 Å². The van der Waals surface area contributed by atoms with E-state index in [4.69, 9.17) is 24.4 Å². The Morgan fingerprint density at radius 2 is 1.00 bits per heavy atom. The highest BCUT2D eigenvalue weighted by Gasteiger charge is 1.95. The average Bonchev–Trinajstić information content (AvgIpc) is 2.42. The Morgan fingerprint density at radius 3 is 1.38 bits per heavy atom. The van der Waals surface area contributed by atoms with E-state index < -0.39 is 0 Å². The zero-order valence-corrected chi connectivity index (χ0v) is 16.5. The van der Waals surface area contributed by atoms with Gasteiger partial charge in [0.1, 0.15) is 4.32 Å². The molecular formula is C16H31NS4. The molecule has 0 rings (SSSR count). The molecule has 0 aromatic heterocycles. The van der Waals surface area contributed by atoms with Crippen molar-refractivity contribution in [1.29, 1.82) is 0 Å². The normalized spacial score (nSPS) is 10.6. The van der Waals surface area contributed by atoms with Crippen molar-refractivity contribution in [2.45, 2.75) is 83.5 Å². The molecule has 0 aromatic rings. The van der Waals surface area contributed by atoms with Gasteiger partial charge in [0.15, 0.2) is 0 Å². The van der Waals surface area contributed by atoms with Crippen LogP contribution in [0.15, 0.2) is 0 Å². The minimum atomic E-state index is 0.614. The molecule has 0 spiro atoms. The molecule has 0 fully saturated rings. The van der Waals surface area contributed by atoms with Crippen molar-refractivity contribution in [3.8, 4) is 0 Å².